The van der Waals surface area contributed by atoms with E-state index < -0.39 is 6.10 Å². The number of pyridine rings is 1. The number of nitrogens with zero attached hydrogens (tertiary/aromatic N) is 4. The van der Waals surface area contributed by atoms with Crippen LogP contribution in [0.15, 0.2) is 24.5 Å². The number of nitrogens with one attached hydrogen (secondary N) is 1. The van der Waals surface area contributed by atoms with E-state index in [1.165, 1.54) is 6.33 Å². The molecule has 0 radical (unpaired) electrons. The minimum absolute atomic E-state index is 0.0705. The van der Waals surface area contributed by atoms with Gasteiger partial charge in [-0.1, -0.05) is 0 Å². The average molecular weight is 462 g/mol. The maximum absolute atomic E-state index is 12.0. The van der Waals surface area contributed by atoms with Gasteiger partial charge >= 0.3 is 6.09 Å². The summed E-state index contributed by atoms with van der Waals surface area (Å²) in [5, 5.41) is 21.3. The van der Waals surface area contributed by atoms with Gasteiger partial charge in [0.15, 0.2) is 5.75 Å². The highest BCUT2D eigenvalue weighted by Gasteiger charge is 2.25. The number of aliphatic hydroxyl groups is 2. The number of aliphatic hydroxyl groups excluding tert-OH is 2. The Morgan fingerprint density at radius 2 is 1.97 bits per heavy atom. The zero-order valence-electron chi connectivity index (χ0n) is 19.1. The van der Waals surface area contributed by atoms with Crippen LogP contribution < -0.4 is 14.8 Å². The third-order valence-corrected chi connectivity index (χ3v) is 4.92. The fourth-order valence-corrected chi connectivity index (χ4v) is 3.20. The maximum Gasteiger partial charge on any atom is 0.410 e. The first-order valence-electron chi connectivity index (χ1n) is 11.0. The molecule has 1 amide bonds. The van der Waals surface area contributed by atoms with Crippen molar-refractivity contribution in [1.29, 1.82) is 0 Å². The molecule has 3 rings (SSSR count). The Labute approximate surface area is 192 Å². The molecule has 0 aromatic carbocycles. The molecule has 2 aromatic rings. The Morgan fingerprint density at radius 3 is 2.64 bits per heavy atom. The van der Waals surface area contributed by atoms with Crippen LogP contribution in [0.4, 0.5) is 10.6 Å². The van der Waals surface area contributed by atoms with Gasteiger partial charge in [0, 0.05) is 32.5 Å². The second-order valence-corrected chi connectivity index (χ2v) is 8.03. The van der Waals surface area contributed by atoms with E-state index in [-0.39, 0.29) is 31.5 Å². The van der Waals surface area contributed by atoms with Gasteiger partial charge in [0.1, 0.15) is 18.2 Å². The summed E-state index contributed by atoms with van der Waals surface area (Å²) >= 11 is 0. The number of anilines is 1. The Hall–Kier alpha value is -3.18. The first kappa shape index (κ1) is 24.5. The van der Waals surface area contributed by atoms with Crippen LogP contribution >= 0.6 is 0 Å². The van der Waals surface area contributed by atoms with Crippen LogP contribution in [0, 0.1) is 6.92 Å². The van der Waals surface area contributed by atoms with Gasteiger partial charge in [0.2, 0.25) is 11.8 Å². The van der Waals surface area contributed by atoms with Gasteiger partial charge in [0.25, 0.3) is 0 Å². The molecule has 2 aromatic heterocycles. The molecule has 0 saturated carbocycles. The van der Waals surface area contributed by atoms with Crippen LogP contribution in [0.2, 0.25) is 0 Å². The minimum atomic E-state index is -0.858. The summed E-state index contributed by atoms with van der Waals surface area (Å²) in [5.74, 6) is 1.79. The molecule has 180 valence electrons. The number of likely N-dealkylation sites (tertiary alicyclic amines) is 1. The van der Waals surface area contributed by atoms with Crippen molar-refractivity contribution < 1.29 is 29.2 Å². The number of aryl methyl sites for hydroxylation is 1. The molecule has 0 spiro atoms. The lowest BCUT2D eigenvalue weighted by atomic mass is 10.1. The largest absolute Gasteiger partial charge is 0.474 e. The molecular formula is C22H31N5O6. The highest BCUT2D eigenvalue weighted by molar-refractivity contribution is 5.67. The molecule has 33 heavy (non-hydrogen) atoms. The van der Waals surface area contributed by atoms with Crippen LogP contribution in [0.25, 0.3) is 0 Å². The summed E-state index contributed by atoms with van der Waals surface area (Å²) in [5.41, 5.74) is 0.625. The lowest BCUT2D eigenvalue weighted by Crippen LogP contribution is -2.42. The number of carbonyl (C=O) groups is 1. The smallest absolute Gasteiger partial charge is 0.410 e. The zero-order valence-corrected chi connectivity index (χ0v) is 19.1. The van der Waals surface area contributed by atoms with Crippen molar-refractivity contribution in [2.24, 2.45) is 0 Å². The van der Waals surface area contributed by atoms with E-state index in [1.54, 1.807) is 30.0 Å². The molecule has 11 nitrogen and oxygen atoms in total. The molecule has 0 bridgehead atoms. The highest BCUT2D eigenvalue weighted by Crippen LogP contribution is 2.26. The Kier molecular flexibility index (Phi) is 8.61. The average Bonchev–Trinajstić information content (AvgIpc) is 2.79. The Bertz CT molecular complexity index is 920. The molecule has 3 N–H and O–H groups in total. The van der Waals surface area contributed by atoms with Crippen LogP contribution in [0.5, 0.6) is 17.5 Å². The Morgan fingerprint density at radius 1 is 1.24 bits per heavy atom. The summed E-state index contributed by atoms with van der Waals surface area (Å²) in [6.45, 7) is 6.44. The van der Waals surface area contributed by atoms with Gasteiger partial charge in [-0.2, -0.15) is 0 Å². The van der Waals surface area contributed by atoms with Crippen molar-refractivity contribution in [2.45, 2.75) is 51.9 Å². The van der Waals surface area contributed by atoms with Gasteiger partial charge < -0.3 is 34.6 Å². The van der Waals surface area contributed by atoms with E-state index in [9.17, 15) is 9.90 Å². The lowest BCUT2D eigenvalue weighted by Gasteiger charge is -2.31. The summed E-state index contributed by atoms with van der Waals surface area (Å²) in [4.78, 5) is 26.4. The van der Waals surface area contributed by atoms with Gasteiger partial charge in [-0.25, -0.2) is 19.7 Å². The molecule has 1 aliphatic rings. The molecule has 1 aliphatic heterocycles. The number of carbonyl (C=O) groups excluding carboxylic acids is 1. The number of piperidine rings is 1. The van der Waals surface area contributed by atoms with E-state index >= 15 is 0 Å². The molecule has 11 heteroatoms. The summed E-state index contributed by atoms with van der Waals surface area (Å²) in [6, 6.07) is 5.07. The summed E-state index contributed by atoms with van der Waals surface area (Å²) in [7, 11) is 0. The quantitative estimate of drug-likeness (QED) is 0.509. The standard InChI is InChI=1S/C22H31N5O6/c1-14(2)31-22(30)27-8-6-17(7-9-27)32-20-10-21(25-13-24-20)33-18-4-5-19(26-15(18)3)23-11-16(29)12-28/h4-5,10,13-14,16-17,28-29H,6-9,11-12H2,1-3H3,(H,23,26). The SMILES string of the molecule is Cc1nc(NCC(O)CO)ccc1Oc1cc(OC2CCN(C(=O)OC(C)C)CC2)ncn1. The lowest BCUT2D eigenvalue weighted by molar-refractivity contribution is 0.0507. The third-order valence-electron chi connectivity index (χ3n) is 4.92. The number of rotatable bonds is 9. The molecular weight excluding hydrogens is 430 g/mol. The van der Waals surface area contributed by atoms with Crippen molar-refractivity contribution in [1.82, 2.24) is 19.9 Å². The summed E-state index contributed by atoms with van der Waals surface area (Å²) in [6.07, 6.45) is 1.36. The maximum atomic E-state index is 12.0. The molecule has 1 atom stereocenters. The zero-order chi connectivity index (χ0) is 23.8. The van der Waals surface area contributed by atoms with Crippen molar-refractivity contribution >= 4 is 11.9 Å². The van der Waals surface area contributed by atoms with Gasteiger partial charge in [-0.05, 0) is 32.9 Å². The minimum Gasteiger partial charge on any atom is -0.474 e. The second kappa shape index (κ2) is 11.6. The monoisotopic (exact) mass is 461 g/mol. The number of hydrogen-bond donors (Lipinski definition) is 3. The fourth-order valence-electron chi connectivity index (χ4n) is 3.20. The number of hydrogen-bond acceptors (Lipinski definition) is 10. The second-order valence-electron chi connectivity index (χ2n) is 8.03. The van der Waals surface area contributed by atoms with Crippen molar-refractivity contribution in [3.05, 3.63) is 30.2 Å². The first-order valence-corrected chi connectivity index (χ1v) is 11.0. The number of ether oxygens (including phenoxy) is 3. The van der Waals surface area contributed by atoms with Crippen LogP contribution in [-0.4, -0.2) is 80.7 Å². The fraction of sp³-hybridized carbons (Fsp3) is 0.545. The van der Waals surface area contributed by atoms with Crippen LogP contribution in [0.3, 0.4) is 0 Å². The summed E-state index contributed by atoms with van der Waals surface area (Å²) < 4.78 is 17.1. The third kappa shape index (κ3) is 7.43. The molecule has 0 aliphatic carbocycles. The van der Waals surface area contributed by atoms with Crippen molar-refractivity contribution in [3.8, 4) is 17.5 Å². The first-order chi connectivity index (χ1) is 15.8. The number of aromatic nitrogens is 3. The molecule has 1 fully saturated rings. The topological polar surface area (TPSA) is 139 Å². The van der Waals surface area contributed by atoms with E-state index in [2.05, 4.69) is 20.3 Å². The van der Waals surface area contributed by atoms with Gasteiger partial charge in [-0.15, -0.1) is 0 Å². The van der Waals surface area contributed by atoms with Crippen LogP contribution in [0.1, 0.15) is 32.4 Å². The molecule has 1 unspecified atom stereocenters. The highest BCUT2D eigenvalue weighted by atomic mass is 16.6. The van der Waals surface area contributed by atoms with Crippen molar-refractivity contribution in [2.75, 3.05) is 31.6 Å². The van der Waals surface area contributed by atoms with Crippen molar-refractivity contribution in [3.63, 3.8) is 0 Å². The molecule has 3 heterocycles. The van der Waals surface area contributed by atoms with E-state index in [0.717, 1.165) is 0 Å². The van der Waals surface area contributed by atoms with Gasteiger partial charge in [0.05, 0.1) is 30.6 Å². The Balaban J connectivity index is 1.53. The predicted octanol–water partition coefficient (Wildman–Crippen LogP) is 2.13. The van der Waals surface area contributed by atoms with E-state index in [4.69, 9.17) is 19.3 Å². The van der Waals surface area contributed by atoms with E-state index in [0.29, 0.717) is 55.0 Å². The molecule has 1 saturated heterocycles. The predicted molar refractivity (Wildman–Crippen MR) is 120 cm³/mol. The van der Waals surface area contributed by atoms with Gasteiger partial charge in [-0.3, -0.25) is 0 Å². The van der Waals surface area contributed by atoms with E-state index in [1.807, 2.05) is 13.8 Å². The number of amides is 1. The van der Waals surface area contributed by atoms with Crippen LogP contribution in [-0.2, 0) is 4.74 Å². The normalized spacial score (nSPS) is 15.3.